The van der Waals surface area contributed by atoms with Crippen LogP contribution in [0.4, 0.5) is 0 Å². The normalized spacial score (nSPS) is 12.7. The second-order valence-corrected chi connectivity index (χ2v) is 12.0. The van der Waals surface area contributed by atoms with Crippen LogP contribution in [0.15, 0.2) is 102 Å². The Bertz CT molecular complexity index is 1820. The number of rotatable bonds is 13. The number of nitrogens with one attached hydrogen (secondary N) is 2. The molecule has 2 N–H and O–H groups in total. The van der Waals surface area contributed by atoms with E-state index < -0.39 is 45.1 Å². The van der Waals surface area contributed by atoms with E-state index in [0.29, 0.717) is 22.2 Å². The highest BCUT2D eigenvalue weighted by molar-refractivity contribution is 7.92. The Morgan fingerprint density at radius 1 is 0.841 bits per heavy atom. The maximum Gasteiger partial charge on any atom is 0.271 e. The fraction of sp³-hybridized carbons (Fsp3) is 0.194. The second-order valence-electron chi connectivity index (χ2n) is 9.85. The Hall–Kier alpha value is -5.30. The molecule has 3 heterocycles. The topological polar surface area (TPSA) is 174 Å². The zero-order chi connectivity index (χ0) is 30.9. The summed E-state index contributed by atoms with van der Waals surface area (Å²) in [6.07, 6.45) is 6.98. The molecule has 0 aliphatic heterocycles. The third-order valence-electron chi connectivity index (χ3n) is 6.82. The van der Waals surface area contributed by atoms with Crippen molar-refractivity contribution in [1.29, 1.82) is 0 Å². The van der Waals surface area contributed by atoms with E-state index in [1.807, 2.05) is 6.07 Å². The molecule has 44 heavy (non-hydrogen) atoms. The number of carbonyl (C=O) groups is 3. The van der Waals surface area contributed by atoms with Gasteiger partial charge in [-0.25, -0.2) is 18.4 Å². The van der Waals surface area contributed by atoms with Crippen LogP contribution in [0, 0.1) is 0 Å². The number of hydrogen-bond donors (Lipinski definition) is 2. The number of amides is 2. The van der Waals surface area contributed by atoms with Crippen molar-refractivity contribution in [2.45, 2.75) is 23.3 Å². The fourth-order valence-electron chi connectivity index (χ4n) is 4.61. The van der Waals surface area contributed by atoms with Gasteiger partial charge in [0.25, 0.3) is 11.8 Å². The van der Waals surface area contributed by atoms with Gasteiger partial charge in [-0.05, 0) is 35.7 Å². The van der Waals surface area contributed by atoms with E-state index >= 15 is 0 Å². The Balaban J connectivity index is 1.32. The maximum absolute atomic E-state index is 13.6. The van der Waals surface area contributed by atoms with Crippen LogP contribution in [0.5, 0.6) is 0 Å². The van der Waals surface area contributed by atoms with Gasteiger partial charge in [-0.3, -0.25) is 24.4 Å². The third kappa shape index (κ3) is 7.36. The van der Waals surface area contributed by atoms with Crippen molar-refractivity contribution in [2.75, 3.05) is 13.1 Å². The molecule has 0 saturated heterocycles. The summed E-state index contributed by atoms with van der Waals surface area (Å²) >= 11 is 0. The van der Waals surface area contributed by atoms with E-state index in [1.54, 1.807) is 60.7 Å². The van der Waals surface area contributed by atoms with Gasteiger partial charge < -0.3 is 15.1 Å². The first kappa shape index (κ1) is 30.2. The quantitative estimate of drug-likeness (QED) is 0.188. The standard InChI is InChI=1S/C31H28N6O6S/c38-28(31-37-24-10-4-5-11-26(24)43-31)23(22-8-2-1-3-9-22)12-14-35-30(40)27(19-36-29(39)25-18-33-15-16-34-25)44(41,42)20-21-7-6-13-32-17-21/h1-11,13,15-18,23,27H,12,14,19-20H2,(H,35,40)(H,36,39). The largest absolute Gasteiger partial charge is 0.434 e. The molecule has 0 fully saturated rings. The fourth-order valence-corrected chi connectivity index (χ4v) is 6.19. The summed E-state index contributed by atoms with van der Waals surface area (Å²) in [6, 6.07) is 19.2. The summed E-state index contributed by atoms with van der Waals surface area (Å²) < 4.78 is 32.6. The zero-order valence-corrected chi connectivity index (χ0v) is 24.2. The molecular weight excluding hydrogens is 584 g/mol. The van der Waals surface area contributed by atoms with Gasteiger partial charge >= 0.3 is 0 Å². The number of Topliss-reactive ketones (excluding diaryl/α,β-unsaturated/α-hetero) is 1. The van der Waals surface area contributed by atoms with Crippen molar-refractivity contribution >= 4 is 38.5 Å². The first-order valence-corrected chi connectivity index (χ1v) is 15.4. The molecule has 2 atom stereocenters. The van der Waals surface area contributed by atoms with E-state index in [9.17, 15) is 22.8 Å². The molecule has 0 saturated carbocycles. The molecule has 0 aliphatic carbocycles. The van der Waals surface area contributed by atoms with E-state index in [-0.39, 0.29) is 30.3 Å². The predicted molar refractivity (Wildman–Crippen MR) is 160 cm³/mol. The van der Waals surface area contributed by atoms with Crippen LogP contribution in [0.3, 0.4) is 0 Å². The summed E-state index contributed by atoms with van der Waals surface area (Å²) in [5.74, 6) is -3.14. The highest BCUT2D eigenvalue weighted by Crippen LogP contribution is 2.26. The van der Waals surface area contributed by atoms with E-state index in [0.717, 1.165) is 0 Å². The number of ketones is 1. The minimum atomic E-state index is -4.12. The summed E-state index contributed by atoms with van der Waals surface area (Å²) in [5, 5.41) is 3.50. The Morgan fingerprint density at radius 2 is 1.61 bits per heavy atom. The molecule has 3 aromatic heterocycles. The molecular formula is C31H28N6O6S. The van der Waals surface area contributed by atoms with Gasteiger partial charge in [0, 0.05) is 37.9 Å². The third-order valence-corrected chi connectivity index (χ3v) is 8.80. The Morgan fingerprint density at radius 3 is 2.34 bits per heavy atom. The van der Waals surface area contributed by atoms with Crippen LogP contribution < -0.4 is 10.6 Å². The number of oxazole rings is 1. The number of carbonyl (C=O) groups excluding carboxylic acids is 3. The monoisotopic (exact) mass is 612 g/mol. The van der Waals surface area contributed by atoms with Gasteiger partial charge in [0.1, 0.15) is 11.2 Å². The summed E-state index contributed by atoms with van der Waals surface area (Å²) in [7, 11) is -4.12. The molecule has 5 aromatic rings. The number of para-hydroxylation sites is 2. The molecule has 2 amide bonds. The average molecular weight is 613 g/mol. The highest BCUT2D eigenvalue weighted by Gasteiger charge is 2.34. The van der Waals surface area contributed by atoms with Crippen molar-refractivity contribution < 1.29 is 27.2 Å². The predicted octanol–water partition coefficient (Wildman–Crippen LogP) is 2.90. The number of aromatic nitrogens is 4. The van der Waals surface area contributed by atoms with Crippen molar-refractivity contribution in [1.82, 2.24) is 30.6 Å². The molecule has 224 valence electrons. The van der Waals surface area contributed by atoms with Crippen LogP contribution in [0.2, 0.25) is 0 Å². The Labute approximate surface area is 252 Å². The zero-order valence-electron chi connectivity index (χ0n) is 23.4. The van der Waals surface area contributed by atoms with Crippen LogP contribution in [-0.4, -0.2) is 64.3 Å². The number of hydrogen-bond acceptors (Lipinski definition) is 10. The maximum atomic E-state index is 13.6. The van der Waals surface area contributed by atoms with Crippen molar-refractivity contribution in [3.05, 3.63) is 120 Å². The van der Waals surface area contributed by atoms with Gasteiger partial charge in [0.05, 0.1) is 17.9 Å². The van der Waals surface area contributed by atoms with E-state index in [2.05, 4.69) is 30.6 Å². The number of benzene rings is 2. The van der Waals surface area contributed by atoms with Gasteiger partial charge in [-0.2, -0.15) is 0 Å². The van der Waals surface area contributed by atoms with E-state index in [1.165, 1.54) is 31.0 Å². The van der Waals surface area contributed by atoms with Crippen molar-refractivity contribution in [3.63, 3.8) is 0 Å². The second kappa shape index (κ2) is 13.8. The van der Waals surface area contributed by atoms with Gasteiger partial charge in [-0.1, -0.05) is 48.5 Å². The van der Waals surface area contributed by atoms with Gasteiger partial charge in [0.15, 0.2) is 20.7 Å². The number of fused-ring (bicyclic) bond motifs is 1. The summed E-state index contributed by atoms with van der Waals surface area (Å²) in [6.45, 7) is -0.546. The summed E-state index contributed by atoms with van der Waals surface area (Å²) in [5.41, 5.74) is 2.06. The molecule has 0 aliphatic rings. The molecule has 0 bridgehead atoms. The number of pyridine rings is 1. The lowest BCUT2D eigenvalue weighted by atomic mass is 9.91. The first-order valence-electron chi connectivity index (χ1n) is 13.7. The molecule has 0 spiro atoms. The molecule has 2 aromatic carbocycles. The van der Waals surface area contributed by atoms with Crippen LogP contribution in [0.25, 0.3) is 11.1 Å². The SMILES string of the molecule is O=C(NCC(C(=O)NCCC(C(=O)c1nc2ccccc2o1)c1ccccc1)S(=O)(=O)Cc1cccnc1)c1cnccn1. The lowest BCUT2D eigenvalue weighted by Crippen LogP contribution is -2.48. The number of sulfone groups is 1. The molecule has 13 heteroatoms. The smallest absolute Gasteiger partial charge is 0.271 e. The summed E-state index contributed by atoms with van der Waals surface area (Å²) in [4.78, 5) is 55.6. The molecule has 5 rings (SSSR count). The number of nitrogens with zero attached hydrogens (tertiary/aromatic N) is 4. The van der Waals surface area contributed by atoms with Crippen molar-refractivity contribution in [3.8, 4) is 0 Å². The molecule has 0 radical (unpaired) electrons. The minimum absolute atomic E-state index is 0.0280. The van der Waals surface area contributed by atoms with Gasteiger partial charge in [0.2, 0.25) is 11.7 Å². The Kier molecular flexibility index (Phi) is 9.45. The van der Waals surface area contributed by atoms with Crippen LogP contribution in [0.1, 0.15) is 44.6 Å². The minimum Gasteiger partial charge on any atom is -0.434 e. The average Bonchev–Trinajstić information content (AvgIpc) is 3.48. The van der Waals surface area contributed by atoms with Crippen molar-refractivity contribution in [2.24, 2.45) is 0 Å². The van der Waals surface area contributed by atoms with E-state index in [4.69, 9.17) is 4.42 Å². The van der Waals surface area contributed by atoms with Gasteiger partial charge in [-0.15, -0.1) is 0 Å². The lowest BCUT2D eigenvalue weighted by molar-refractivity contribution is -0.120. The highest BCUT2D eigenvalue weighted by atomic mass is 32.2. The van der Waals surface area contributed by atoms with Crippen LogP contribution in [-0.2, 0) is 20.4 Å². The first-order chi connectivity index (χ1) is 21.3. The lowest BCUT2D eigenvalue weighted by Gasteiger charge is -2.20. The molecule has 12 nitrogen and oxygen atoms in total. The molecule has 2 unspecified atom stereocenters. The van der Waals surface area contributed by atoms with Crippen LogP contribution >= 0.6 is 0 Å².